The van der Waals surface area contributed by atoms with Gasteiger partial charge in [0.15, 0.2) is 12.4 Å². The average Bonchev–Trinajstić information content (AvgIpc) is 2.34. The SMILES string of the molecule is O=C(COc1c(Cl)cc([N+](=O)[O-])cc1Cl)NCCO. The zero-order chi connectivity index (χ0) is 14.4. The fraction of sp³-hybridized carbons (Fsp3) is 0.300. The van der Waals surface area contributed by atoms with Crippen LogP contribution in [0.2, 0.25) is 10.0 Å². The summed E-state index contributed by atoms with van der Waals surface area (Å²) in [7, 11) is 0. The van der Waals surface area contributed by atoms with Gasteiger partial charge in [-0.25, -0.2) is 0 Å². The van der Waals surface area contributed by atoms with Crippen molar-refractivity contribution < 1.29 is 19.6 Å². The number of rotatable bonds is 6. The summed E-state index contributed by atoms with van der Waals surface area (Å²) < 4.78 is 5.08. The highest BCUT2D eigenvalue weighted by atomic mass is 35.5. The highest BCUT2D eigenvalue weighted by Crippen LogP contribution is 2.36. The van der Waals surface area contributed by atoms with Gasteiger partial charge in [0.1, 0.15) is 0 Å². The minimum Gasteiger partial charge on any atom is -0.481 e. The van der Waals surface area contributed by atoms with Crippen molar-refractivity contribution >= 4 is 34.8 Å². The first kappa shape index (κ1) is 15.5. The molecule has 0 aliphatic rings. The predicted molar refractivity (Wildman–Crippen MR) is 68.7 cm³/mol. The zero-order valence-corrected chi connectivity index (χ0v) is 11.1. The Kier molecular flexibility index (Phi) is 5.81. The van der Waals surface area contributed by atoms with Crippen LogP contribution in [0.1, 0.15) is 0 Å². The van der Waals surface area contributed by atoms with Crippen molar-refractivity contribution in [2.75, 3.05) is 19.8 Å². The van der Waals surface area contributed by atoms with Gasteiger partial charge >= 0.3 is 0 Å². The van der Waals surface area contributed by atoms with Crippen molar-refractivity contribution in [3.8, 4) is 5.75 Å². The molecular weight excluding hydrogens is 299 g/mol. The van der Waals surface area contributed by atoms with Crippen LogP contribution in [-0.4, -0.2) is 35.7 Å². The summed E-state index contributed by atoms with van der Waals surface area (Å²) in [6.45, 7) is -0.452. The molecule has 0 radical (unpaired) electrons. The van der Waals surface area contributed by atoms with Gasteiger partial charge < -0.3 is 15.2 Å². The van der Waals surface area contributed by atoms with Gasteiger partial charge in [0.2, 0.25) is 0 Å². The van der Waals surface area contributed by atoms with Crippen LogP contribution in [0.5, 0.6) is 5.75 Å². The molecule has 9 heteroatoms. The molecule has 0 aromatic heterocycles. The van der Waals surface area contributed by atoms with E-state index in [0.717, 1.165) is 12.1 Å². The Morgan fingerprint density at radius 2 is 2.00 bits per heavy atom. The zero-order valence-electron chi connectivity index (χ0n) is 9.56. The molecule has 0 atom stereocenters. The molecular formula is C10H10Cl2N2O5. The van der Waals surface area contributed by atoms with E-state index in [9.17, 15) is 14.9 Å². The molecule has 0 saturated carbocycles. The number of hydrogen-bond donors (Lipinski definition) is 2. The Balaban J connectivity index is 2.74. The maximum absolute atomic E-state index is 11.2. The smallest absolute Gasteiger partial charge is 0.272 e. The van der Waals surface area contributed by atoms with Crippen molar-refractivity contribution in [1.82, 2.24) is 5.32 Å². The number of hydrogen-bond acceptors (Lipinski definition) is 5. The van der Waals surface area contributed by atoms with Gasteiger partial charge in [-0.15, -0.1) is 0 Å². The molecule has 104 valence electrons. The van der Waals surface area contributed by atoms with Crippen molar-refractivity contribution in [1.29, 1.82) is 0 Å². The van der Waals surface area contributed by atoms with Gasteiger partial charge in [-0.1, -0.05) is 23.2 Å². The van der Waals surface area contributed by atoms with Crippen LogP contribution in [0.25, 0.3) is 0 Å². The Bertz CT molecular complexity index is 472. The third kappa shape index (κ3) is 4.55. The molecule has 0 bridgehead atoms. The number of amides is 1. The van der Waals surface area contributed by atoms with Crippen LogP contribution in [0.15, 0.2) is 12.1 Å². The highest BCUT2D eigenvalue weighted by molar-refractivity contribution is 6.37. The average molecular weight is 309 g/mol. The Hall–Kier alpha value is -1.57. The molecule has 0 heterocycles. The summed E-state index contributed by atoms with van der Waals surface area (Å²) in [6.07, 6.45) is 0. The van der Waals surface area contributed by atoms with Gasteiger partial charge in [0, 0.05) is 18.7 Å². The summed E-state index contributed by atoms with van der Waals surface area (Å²) in [5.74, 6) is -0.479. The number of ether oxygens (including phenoxy) is 1. The fourth-order valence-corrected chi connectivity index (χ4v) is 1.76. The second kappa shape index (κ2) is 7.13. The number of nitrogens with zero attached hydrogens (tertiary/aromatic N) is 1. The lowest BCUT2D eigenvalue weighted by Crippen LogP contribution is -2.31. The van der Waals surface area contributed by atoms with E-state index in [0.29, 0.717) is 0 Å². The molecule has 0 spiro atoms. The monoisotopic (exact) mass is 308 g/mol. The molecule has 7 nitrogen and oxygen atoms in total. The lowest BCUT2D eigenvalue weighted by Gasteiger charge is -2.09. The van der Waals surface area contributed by atoms with Crippen molar-refractivity contribution in [3.05, 3.63) is 32.3 Å². The summed E-state index contributed by atoms with van der Waals surface area (Å²) >= 11 is 11.6. The number of carbonyl (C=O) groups excluding carboxylic acids is 1. The number of carbonyl (C=O) groups is 1. The van der Waals surface area contributed by atoms with Crippen LogP contribution < -0.4 is 10.1 Å². The number of aliphatic hydroxyl groups excluding tert-OH is 1. The number of non-ortho nitro benzene ring substituents is 1. The van der Waals surface area contributed by atoms with Crippen LogP contribution in [0, 0.1) is 10.1 Å². The van der Waals surface area contributed by atoms with Gasteiger partial charge in [-0.05, 0) is 0 Å². The molecule has 0 fully saturated rings. The number of benzene rings is 1. The molecule has 0 aliphatic heterocycles. The number of halogens is 2. The van der Waals surface area contributed by atoms with E-state index in [4.69, 9.17) is 33.0 Å². The predicted octanol–water partition coefficient (Wildman–Crippen LogP) is 1.39. The van der Waals surface area contributed by atoms with Crippen molar-refractivity contribution in [2.24, 2.45) is 0 Å². The Morgan fingerprint density at radius 1 is 1.42 bits per heavy atom. The second-order valence-corrected chi connectivity index (χ2v) is 4.17. The molecule has 19 heavy (non-hydrogen) atoms. The minimum atomic E-state index is -0.643. The lowest BCUT2D eigenvalue weighted by atomic mass is 10.3. The quantitative estimate of drug-likeness (QED) is 0.611. The van der Waals surface area contributed by atoms with E-state index in [1.165, 1.54) is 0 Å². The molecule has 2 N–H and O–H groups in total. The number of nitrogens with one attached hydrogen (secondary N) is 1. The van der Waals surface area contributed by atoms with E-state index in [-0.39, 0.29) is 41.2 Å². The lowest BCUT2D eigenvalue weighted by molar-refractivity contribution is -0.384. The Morgan fingerprint density at radius 3 is 2.47 bits per heavy atom. The second-order valence-electron chi connectivity index (χ2n) is 3.36. The molecule has 1 rings (SSSR count). The van der Waals surface area contributed by atoms with Crippen molar-refractivity contribution in [3.63, 3.8) is 0 Å². The normalized spacial score (nSPS) is 10.1. The van der Waals surface area contributed by atoms with Crippen LogP contribution in [-0.2, 0) is 4.79 Å². The first-order valence-electron chi connectivity index (χ1n) is 5.09. The van der Waals surface area contributed by atoms with Crippen LogP contribution >= 0.6 is 23.2 Å². The third-order valence-electron chi connectivity index (χ3n) is 1.98. The number of nitro groups is 1. The maximum atomic E-state index is 11.2. The van der Waals surface area contributed by atoms with E-state index in [2.05, 4.69) is 5.32 Å². The maximum Gasteiger partial charge on any atom is 0.272 e. The van der Waals surface area contributed by atoms with Gasteiger partial charge in [0.25, 0.3) is 11.6 Å². The first-order valence-corrected chi connectivity index (χ1v) is 5.85. The third-order valence-corrected chi connectivity index (χ3v) is 2.54. The topological polar surface area (TPSA) is 102 Å². The van der Waals surface area contributed by atoms with E-state index in [1.54, 1.807) is 0 Å². The van der Waals surface area contributed by atoms with E-state index >= 15 is 0 Å². The van der Waals surface area contributed by atoms with Gasteiger partial charge in [-0.2, -0.15) is 0 Å². The molecule has 0 saturated heterocycles. The largest absolute Gasteiger partial charge is 0.481 e. The number of nitro benzene ring substituents is 1. The van der Waals surface area contributed by atoms with Gasteiger partial charge in [0.05, 0.1) is 21.6 Å². The van der Waals surface area contributed by atoms with Crippen LogP contribution in [0.3, 0.4) is 0 Å². The van der Waals surface area contributed by atoms with Crippen LogP contribution in [0.4, 0.5) is 5.69 Å². The molecule has 1 amide bonds. The highest BCUT2D eigenvalue weighted by Gasteiger charge is 2.16. The van der Waals surface area contributed by atoms with E-state index in [1.807, 2.05) is 0 Å². The summed E-state index contributed by atoms with van der Waals surface area (Å²) in [5.41, 5.74) is -0.271. The minimum absolute atomic E-state index is 0.00641. The molecule has 0 aliphatic carbocycles. The van der Waals surface area contributed by atoms with E-state index < -0.39 is 10.8 Å². The summed E-state index contributed by atoms with van der Waals surface area (Å²) in [6, 6.07) is 2.16. The molecule has 0 unspecified atom stereocenters. The number of aliphatic hydroxyl groups is 1. The summed E-state index contributed by atoms with van der Waals surface area (Å²) in [5, 5.41) is 21.3. The Labute approximate surface area is 118 Å². The standard InChI is InChI=1S/C10H10Cl2N2O5/c11-7-3-6(14(17)18)4-8(12)10(7)19-5-9(16)13-1-2-15/h3-4,15H,1-2,5H2,(H,13,16). The summed E-state index contributed by atoms with van der Waals surface area (Å²) in [4.78, 5) is 21.1. The fourth-order valence-electron chi connectivity index (χ4n) is 1.17. The van der Waals surface area contributed by atoms with Gasteiger partial charge in [-0.3, -0.25) is 14.9 Å². The van der Waals surface area contributed by atoms with Crippen molar-refractivity contribution in [2.45, 2.75) is 0 Å². The molecule has 1 aromatic carbocycles. The first-order chi connectivity index (χ1) is 8.95. The molecule has 1 aromatic rings.